The second-order valence-electron chi connectivity index (χ2n) is 27.1. The number of ether oxygens (including phenoxy) is 2. The third kappa shape index (κ3) is 50.4. The summed E-state index contributed by atoms with van der Waals surface area (Å²) in [5, 5.41) is 76.7. The van der Waals surface area contributed by atoms with Crippen molar-refractivity contribution in [1.29, 1.82) is 0 Å². The van der Waals surface area contributed by atoms with E-state index in [0.717, 1.165) is 38.5 Å². The molecule has 1 amide bonds. The summed E-state index contributed by atoms with van der Waals surface area (Å²) in [6, 6.07) is -1.17. The third-order valence-corrected chi connectivity index (χ3v) is 18.9. The number of carbonyl (C=O) groups excluding carboxylic acids is 1. The fourth-order valence-electron chi connectivity index (χ4n) is 12.9. The topological polar surface area (TPSA) is 189 Å². The van der Waals surface area contributed by atoms with Gasteiger partial charge in [0.1, 0.15) is 36.6 Å². The van der Waals surface area contributed by atoms with E-state index in [9.17, 15) is 40.5 Å². The Hall–Kier alpha value is -0.890. The minimum absolute atomic E-state index is 0.268. The summed E-state index contributed by atoms with van der Waals surface area (Å²) >= 11 is 0. The van der Waals surface area contributed by atoms with Crippen LogP contribution in [0.15, 0.2) is 0 Å². The molecule has 0 aliphatic carbocycles. The molecule has 0 saturated carbocycles. The minimum atomic E-state index is -1.66. The molecule has 0 radical (unpaired) electrons. The molecule has 9 atom stereocenters. The van der Waals surface area contributed by atoms with Gasteiger partial charge in [0.05, 0.1) is 25.4 Å². The molecule has 85 heavy (non-hydrogen) atoms. The van der Waals surface area contributed by atoms with Gasteiger partial charge in [0.15, 0.2) is 6.29 Å². The first-order chi connectivity index (χ1) is 41.7. The van der Waals surface area contributed by atoms with Crippen LogP contribution < -0.4 is 5.32 Å². The second-order valence-corrected chi connectivity index (χ2v) is 27.1. The zero-order chi connectivity index (χ0) is 61.7. The number of nitrogens with one attached hydrogen (secondary N) is 1. The van der Waals surface area contributed by atoms with Crippen molar-refractivity contribution in [2.24, 2.45) is 0 Å². The van der Waals surface area contributed by atoms with Gasteiger partial charge in [-0.15, -0.1) is 0 Å². The molecule has 1 heterocycles. The number of hydrogen-bond donors (Lipinski definition) is 8. The molecule has 1 saturated heterocycles. The van der Waals surface area contributed by atoms with Crippen molar-refractivity contribution in [3.8, 4) is 0 Å². The quantitative estimate of drug-likeness (QED) is 0.0272. The maximum absolute atomic E-state index is 13.3. The molecule has 1 aliphatic heterocycles. The monoisotopic (exact) mass is 1210 g/mol. The van der Waals surface area contributed by atoms with E-state index in [-0.39, 0.29) is 6.42 Å². The highest BCUT2D eigenvalue weighted by atomic mass is 16.7. The second kappa shape index (κ2) is 63.3. The summed E-state index contributed by atoms with van der Waals surface area (Å²) in [6.07, 6.45) is 66.3. The Morgan fingerprint density at radius 2 is 0.612 bits per heavy atom. The van der Waals surface area contributed by atoms with Crippen molar-refractivity contribution < 1.29 is 50.0 Å². The Morgan fingerprint density at radius 3 is 0.871 bits per heavy atom. The fourth-order valence-corrected chi connectivity index (χ4v) is 12.9. The number of unbranched alkanes of at least 4 members (excludes halogenated alkanes) is 56. The van der Waals surface area contributed by atoms with E-state index in [2.05, 4.69) is 19.2 Å². The lowest BCUT2D eigenvalue weighted by atomic mass is 9.98. The highest BCUT2D eigenvalue weighted by Gasteiger charge is 2.44. The molecule has 1 rings (SSSR count). The summed E-state index contributed by atoms with van der Waals surface area (Å²) in [7, 11) is 0. The predicted molar refractivity (Wildman–Crippen MR) is 358 cm³/mol. The van der Waals surface area contributed by atoms with Gasteiger partial charge in [-0.1, -0.05) is 386 Å². The van der Waals surface area contributed by atoms with Crippen LogP contribution in [0.2, 0.25) is 0 Å². The van der Waals surface area contributed by atoms with Gasteiger partial charge in [-0.2, -0.15) is 0 Å². The van der Waals surface area contributed by atoms with Gasteiger partial charge < -0.3 is 50.5 Å². The van der Waals surface area contributed by atoms with Crippen LogP contribution in [-0.2, 0) is 14.3 Å². The van der Waals surface area contributed by atoms with Gasteiger partial charge in [-0.3, -0.25) is 4.79 Å². The smallest absolute Gasteiger partial charge is 0.249 e. The number of carbonyl (C=O) groups is 1. The van der Waals surface area contributed by atoms with Crippen LogP contribution >= 0.6 is 0 Å². The highest BCUT2D eigenvalue weighted by molar-refractivity contribution is 5.80. The van der Waals surface area contributed by atoms with Gasteiger partial charge in [0, 0.05) is 0 Å². The Labute approximate surface area is 526 Å². The molecular weight excluding hydrogens is 1060 g/mol. The van der Waals surface area contributed by atoms with Crippen molar-refractivity contribution in [2.45, 2.75) is 454 Å². The summed E-state index contributed by atoms with van der Waals surface area (Å²) in [5.74, 6) is -0.686. The predicted octanol–water partition coefficient (Wildman–Crippen LogP) is 18.8. The Bertz CT molecular complexity index is 1340. The molecule has 508 valence electrons. The molecule has 0 spiro atoms. The molecule has 0 aromatic rings. The van der Waals surface area contributed by atoms with Crippen LogP contribution in [0.5, 0.6) is 0 Å². The van der Waals surface area contributed by atoms with E-state index >= 15 is 0 Å². The van der Waals surface area contributed by atoms with Gasteiger partial charge in [0.25, 0.3) is 0 Å². The Balaban J connectivity index is 2.15. The molecule has 11 nitrogen and oxygen atoms in total. The first kappa shape index (κ1) is 82.1. The molecule has 1 fully saturated rings. The number of rotatable bonds is 68. The SMILES string of the molecule is CCCCCCCCCCCCCCCCCCCCCCCCCCCCCCCCC(O)C(O)C(COC1OC(CO)C(O)C(O)C1O)NC(=O)C(O)CCCCCCCCCCCCCCCCCCCCCCCCCCCCCC. The number of aliphatic hydroxyl groups excluding tert-OH is 7. The molecule has 1 aliphatic rings. The van der Waals surface area contributed by atoms with Crippen molar-refractivity contribution in [3.05, 3.63) is 0 Å². The van der Waals surface area contributed by atoms with Crippen molar-refractivity contribution in [2.75, 3.05) is 13.2 Å². The maximum atomic E-state index is 13.3. The van der Waals surface area contributed by atoms with E-state index in [4.69, 9.17) is 9.47 Å². The third-order valence-electron chi connectivity index (χ3n) is 18.9. The zero-order valence-electron chi connectivity index (χ0n) is 56.4. The van der Waals surface area contributed by atoms with Crippen molar-refractivity contribution in [3.63, 3.8) is 0 Å². The first-order valence-corrected chi connectivity index (χ1v) is 37.9. The molecule has 8 N–H and O–H groups in total. The highest BCUT2D eigenvalue weighted by Crippen LogP contribution is 2.24. The summed E-state index contributed by atoms with van der Waals surface area (Å²) in [5.41, 5.74) is 0. The largest absolute Gasteiger partial charge is 0.394 e. The van der Waals surface area contributed by atoms with E-state index in [1.807, 2.05) is 0 Å². The lowest BCUT2D eigenvalue weighted by Crippen LogP contribution is -2.60. The summed E-state index contributed by atoms with van der Waals surface area (Å²) in [6.45, 7) is 3.54. The molecule has 11 heteroatoms. The lowest BCUT2D eigenvalue weighted by Gasteiger charge is -2.40. The summed E-state index contributed by atoms with van der Waals surface area (Å²) in [4.78, 5) is 13.3. The van der Waals surface area contributed by atoms with Gasteiger partial charge >= 0.3 is 0 Å². The van der Waals surface area contributed by atoms with E-state index in [1.165, 1.54) is 321 Å². The van der Waals surface area contributed by atoms with Crippen LogP contribution in [0.4, 0.5) is 0 Å². The molecular formula is C74H147NO10. The normalized spacial score (nSPS) is 18.7. The van der Waals surface area contributed by atoms with Crippen LogP contribution in [0.1, 0.15) is 399 Å². The Morgan fingerprint density at radius 1 is 0.365 bits per heavy atom. The van der Waals surface area contributed by atoms with Gasteiger partial charge in [-0.25, -0.2) is 0 Å². The van der Waals surface area contributed by atoms with E-state index in [0.29, 0.717) is 19.3 Å². The van der Waals surface area contributed by atoms with Crippen molar-refractivity contribution in [1.82, 2.24) is 5.32 Å². The molecule has 0 aromatic heterocycles. The van der Waals surface area contributed by atoms with Crippen LogP contribution in [0, 0.1) is 0 Å². The minimum Gasteiger partial charge on any atom is -0.394 e. The van der Waals surface area contributed by atoms with Crippen LogP contribution in [0.3, 0.4) is 0 Å². The summed E-state index contributed by atoms with van der Waals surface area (Å²) < 4.78 is 11.2. The molecule has 0 bridgehead atoms. The van der Waals surface area contributed by atoms with Crippen molar-refractivity contribution >= 4 is 5.91 Å². The average molecular weight is 1210 g/mol. The number of hydrogen-bond acceptors (Lipinski definition) is 10. The average Bonchev–Trinajstić information content (AvgIpc) is 3.61. The number of amides is 1. The van der Waals surface area contributed by atoms with Gasteiger partial charge in [0.2, 0.25) is 5.91 Å². The maximum Gasteiger partial charge on any atom is 0.249 e. The van der Waals surface area contributed by atoms with E-state index in [1.54, 1.807) is 0 Å². The first-order valence-electron chi connectivity index (χ1n) is 37.9. The lowest BCUT2D eigenvalue weighted by molar-refractivity contribution is -0.303. The zero-order valence-corrected chi connectivity index (χ0v) is 56.4. The fraction of sp³-hybridized carbons (Fsp3) is 0.986. The van der Waals surface area contributed by atoms with Gasteiger partial charge in [-0.05, 0) is 12.8 Å². The van der Waals surface area contributed by atoms with Crippen LogP contribution in [-0.4, -0.2) is 110 Å². The molecule has 0 aromatic carbocycles. The molecule has 9 unspecified atom stereocenters. The Kier molecular flexibility index (Phi) is 61.1. The van der Waals surface area contributed by atoms with E-state index < -0.39 is 74.2 Å². The number of aliphatic hydroxyl groups is 7. The van der Waals surface area contributed by atoms with Crippen LogP contribution in [0.25, 0.3) is 0 Å². The standard InChI is InChI=1S/C74H147NO10/c1-3-5-7-9-11-13-15-17-19-21-23-25-27-29-31-33-34-36-37-39-41-43-45-47-49-51-53-55-57-59-61-66(77)69(79)65(64-84-74-72(82)71(81)70(80)68(63-76)85-74)75-73(83)67(78)62-60-58-56-54-52-50-48-46-44-42-40-38-35-32-30-28-26-24-22-20-18-16-14-12-10-8-6-4-2/h65-72,74,76-82H,3-64H2,1-2H3,(H,75,83).